The first-order valence-corrected chi connectivity index (χ1v) is 7.88. The molecule has 2 saturated heterocycles. The lowest BCUT2D eigenvalue weighted by atomic mass is 9.93. The lowest BCUT2D eigenvalue weighted by molar-refractivity contribution is 0.242. The number of nitrogens with one attached hydrogen (secondary N) is 1. The summed E-state index contributed by atoms with van der Waals surface area (Å²) in [5, 5.41) is 3.78. The largest absolute Gasteiger partial charge is 0.491 e. The first-order valence-electron chi connectivity index (χ1n) is 7.88. The zero-order valence-electron chi connectivity index (χ0n) is 12.9. The molecule has 20 heavy (non-hydrogen) atoms. The Morgan fingerprint density at radius 3 is 2.80 bits per heavy atom. The summed E-state index contributed by atoms with van der Waals surface area (Å²) in [6, 6.07) is 7.05. The first-order chi connectivity index (χ1) is 9.61. The molecule has 1 aromatic carbocycles. The highest BCUT2D eigenvalue weighted by atomic mass is 16.5. The van der Waals surface area contributed by atoms with E-state index in [1.807, 2.05) is 0 Å². The maximum atomic E-state index is 5.75. The molecular formula is C17H26N2O. The van der Waals surface area contributed by atoms with Gasteiger partial charge in [0, 0.05) is 24.8 Å². The Labute approximate surface area is 122 Å². The van der Waals surface area contributed by atoms with E-state index in [0.717, 1.165) is 11.7 Å². The predicted molar refractivity (Wildman–Crippen MR) is 83.5 cm³/mol. The molecule has 1 aromatic rings. The molecule has 0 amide bonds. The maximum absolute atomic E-state index is 5.75. The van der Waals surface area contributed by atoms with Crippen LogP contribution in [0, 0.1) is 12.8 Å². The van der Waals surface area contributed by atoms with Gasteiger partial charge in [0.15, 0.2) is 0 Å². The van der Waals surface area contributed by atoms with E-state index in [0.29, 0.717) is 6.04 Å². The Balaban J connectivity index is 1.68. The van der Waals surface area contributed by atoms with Gasteiger partial charge in [-0.15, -0.1) is 0 Å². The van der Waals surface area contributed by atoms with Crippen molar-refractivity contribution in [2.24, 2.45) is 5.92 Å². The number of benzene rings is 1. The van der Waals surface area contributed by atoms with Crippen molar-refractivity contribution in [3.05, 3.63) is 23.8 Å². The molecule has 2 aliphatic rings. The highest BCUT2D eigenvalue weighted by molar-refractivity contribution is 5.54. The second kappa shape index (κ2) is 5.65. The van der Waals surface area contributed by atoms with Gasteiger partial charge in [0.1, 0.15) is 5.75 Å². The molecule has 3 unspecified atom stereocenters. The van der Waals surface area contributed by atoms with Gasteiger partial charge in [-0.3, -0.25) is 0 Å². The highest BCUT2D eigenvalue weighted by Gasteiger charge is 2.34. The Bertz CT molecular complexity index is 472. The topological polar surface area (TPSA) is 24.5 Å². The van der Waals surface area contributed by atoms with Gasteiger partial charge >= 0.3 is 0 Å². The summed E-state index contributed by atoms with van der Waals surface area (Å²) < 4.78 is 5.75. The van der Waals surface area contributed by atoms with E-state index >= 15 is 0 Å². The molecule has 0 aromatic heterocycles. The standard InChI is InChI=1S/C17H26N2O/c1-12(2)20-15-4-5-16(13(3)10-15)18-17-7-9-19-8-6-14(17)11-19/h4-5,10,12,14,17-18H,6-9,11H2,1-3H3. The third-order valence-electron chi connectivity index (χ3n) is 4.54. The van der Waals surface area contributed by atoms with Gasteiger partial charge in [-0.05, 0) is 69.8 Å². The fourth-order valence-electron chi connectivity index (χ4n) is 3.48. The zero-order valence-corrected chi connectivity index (χ0v) is 12.9. The molecule has 3 atom stereocenters. The lowest BCUT2D eigenvalue weighted by Gasteiger charge is -2.32. The van der Waals surface area contributed by atoms with Gasteiger partial charge < -0.3 is 15.0 Å². The van der Waals surface area contributed by atoms with Crippen molar-refractivity contribution in [2.75, 3.05) is 25.0 Å². The maximum Gasteiger partial charge on any atom is 0.120 e. The molecule has 0 aliphatic carbocycles. The van der Waals surface area contributed by atoms with E-state index in [1.54, 1.807) is 0 Å². The summed E-state index contributed by atoms with van der Waals surface area (Å²) in [5.41, 5.74) is 2.55. The van der Waals surface area contributed by atoms with Crippen LogP contribution in [0.4, 0.5) is 5.69 Å². The molecule has 2 bridgehead atoms. The van der Waals surface area contributed by atoms with Crippen molar-refractivity contribution in [1.82, 2.24) is 4.90 Å². The van der Waals surface area contributed by atoms with Gasteiger partial charge in [-0.2, -0.15) is 0 Å². The molecule has 3 nitrogen and oxygen atoms in total. The van der Waals surface area contributed by atoms with Crippen LogP contribution in [0.1, 0.15) is 32.3 Å². The van der Waals surface area contributed by atoms with Gasteiger partial charge in [0.25, 0.3) is 0 Å². The molecule has 3 heteroatoms. The molecule has 2 fully saturated rings. The predicted octanol–water partition coefficient (Wildman–Crippen LogP) is 3.29. The van der Waals surface area contributed by atoms with E-state index in [-0.39, 0.29) is 6.10 Å². The summed E-state index contributed by atoms with van der Waals surface area (Å²) in [7, 11) is 0. The van der Waals surface area contributed by atoms with Crippen molar-refractivity contribution in [1.29, 1.82) is 0 Å². The Kier molecular flexibility index (Phi) is 3.88. The van der Waals surface area contributed by atoms with E-state index < -0.39 is 0 Å². The number of nitrogens with zero attached hydrogens (tertiary/aromatic N) is 1. The van der Waals surface area contributed by atoms with Crippen LogP contribution in [0.2, 0.25) is 0 Å². The molecule has 3 rings (SSSR count). The average molecular weight is 274 g/mol. The first kappa shape index (κ1) is 13.7. The van der Waals surface area contributed by atoms with Crippen molar-refractivity contribution >= 4 is 5.69 Å². The normalized spacial score (nSPS) is 28.7. The van der Waals surface area contributed by atoms with Crippen LogP contribution >= 0.6 is 0 Å². The molecule has 0 spiro atoms. The summed E-state index contributed by atoms with van der Waals surface area (Å²) in [6.07, 6.45) is 2.86. The number of hydrogen-bond donors (Lipinski definition) is 1. The monoisotopic (exact) mass is 274 g/mol. The van der Waals surface area contributed by atoms with Gasteiger partial charge in [-0.1, -0.05) is 0 Å². The quantitative estimate of drug-likeness (QED) is 0.912. The Morgan fingerprint density at radius 1 is 1.25 bits per heavy atom. The molecule has 0 radical (unpaired) electrons. The van der Waals surface area contributed by atoms with Crippen molar-refractivity contribution in [3.63, 3.8) is 0 Å². The minimum Gasteiger partial charge on any atom is -0.491 e. The third-order valence-corrected chi connectivity index (χ3v) is 4.54. The molecular weight excluding hydrogens is 248 g/mol. The minimum atomic E-state index is 0.232. The second-order valence-corrected chi connectivity index (χ2v) is 6.53. The summed E-state index contributed by atoms with van der Waals surface area (Å²) in [5.74, 6) is 1.80. The number of aryl methyl sites for hydroxylation is 1. The Hall–Kier alpha value is -1.22. The number of fused-ring (bicyclic) bond motifs is 2. The van der Waals surface area contributed by atoms with Crippen LogP contribution < -0.4 is 10.1 Å². The van der Waals surface area contributed by atoms with Crippen LogP contribution in [-0.2, 0) is 0 Å². The van der Waals surface area contributed by atoms with Gasteiger partial charge in [-0.25, -0.2) is 0 Å². The fourth-order valence-corrected chi connectivity index (χ4v) is 3.48. The fraction of sp³-hybridized carbons (Fsp3) is 0.647. The molecule has 2 aliphatic heterocycles. The van der Waals surface area contributed by atoms with Crippen LogP contribution in [0.25, 0.3) is 0 Å². The highest BCUT2D eigenvalue weighted by Crippen LogP contribution is 2.31. The number of piperidine rings is 1. The van der Waals surface area contributed by atoms with Crippen LogP contribution in [0.5, 0.6) is 5.75 Å². The SMILES string of the molecule is Cc1cc(OC(C)C)ccc1NC1CCN2CCC1C2. The zero-order chi connectivity index (χ0) is 14.1. The number of anilines is 1. The molecule has 110 valence electrons. The number of hydrogen-bond acceptors (Lipinski definition) is 3. The summed E-state index contributed by atoms with van der Waals surface area (Å²) in [4.78, 5) is 2.59. The summed E-state index contributed by atoms with van der Waals surface area (Å²) >= 11 is 0. The van der Waals surface area contributed by atoms with Gasteiger partial charge in [0.2, 0.25) is 0 Å². The van der Waals surface area contributed by atoms with Crippen LogP contribution in [0.15, 0.2) is 18.2 Å². The smallest absolute Gasteiger partial charge is 0.120 e. The Morgan fingerprint density at radius 2 is 2.05 bits per heavy atom. The second-order valence-electron chi connectivity index (χ2n) is 6.53. The van der Waals surface area contributed by atoms with E-state index in [9.17, 15) is 0 Å². The number of ether oxygens (including phenoxy) is 1. The van der Waals surface area contributed by atoms with Crippen molar-refractivity contribution in [3.8, 4) is 5.75 Å². The molecule has 1 N–H and O–H groups in total. The third kappa shape index (κ3) is 2.93. The molecule has 2 heterocycles. The van der Waals surface area contributed by atoms with Crippen molar-refractivity contribution < 1.29 is 4.74 Å². The number of rotatable bonds is 4. The minimum absolute atomic E-state index is 0.232. The van der Waals surface area contributed by atoms with Crippen LogP contribution in [0.3, 0.4) is 0 Å². The molecule has 0 saturated carbocycles. The van der Waals surface area contributed by atoms with Crippen LogP contribution in [-0.4, -0.2) is 36.7 Å². The van der Waals surface area contributed by atoms with E-state index in [1.165, 1.54) is 43.7 Å². The van der Waals surface area contributed by atoms with Crippen molar-refractivity contribution in [2.45, 2.75) is 45.8 Å². The van der Waals surface area contributed by atoms with Gasteiger partial charge in [0.05, 0.1) is 6.10 Å². The average Bonchev–Trinajstić information content (AvgIpc) is 2.78. The van der Waals surface area contributed by atoms with E-state index in [2.05, 4.69) is 49.2 Å². The van der Waals surface area contributed by atoms with E-state index in [4.69, 9.17) is 4.74 Å². The summed E-state index contributed by atoms with van der Waals surface area (Å²) in [6.45, 7) is 10.1. The lowest BCUT2D eigenvalue weighted by Crippen LogP contribution is -2.39.